The van der Waals surface area contributed by atoms with Crippen molar-refractivity contribution in [3.8, 4) is 11.4 Å². The first kappa shape index (κ1) is 31.5. The van der Waals surface area contributed by atoms with E-state index in [1.165, 1.54) is 35.3 Å². The summed E-state index contributed by atoms with van der Waals surface area (Å²) in [6.07, 6.45) is 1.44. The molecule has 3 N–H and O–H groups in total. The van der Waals surface area contributed by atoms with E-state index in [1.807, 2.05) is 0 Å². The number of aromatic nitrogens is 5. The highest BCUT2D eigenvalue weighted by Gasteiger charge is 2.36. The number of unbranched alkanes of at least 4 members (excludes halogenated alkanes) is 2. The van der Waals surface area contributed by atoms with E-state index in [0.29, 0.717) is 19.3 Å². The topological polar surface area (TPSA) is 129 Å². The molecule has 0 aliphatic rings. The van der Waals surface area contributed by atoms with Crippen LogP contribution in [0.5, 0.6) is 0 Å². The maximum absolute atomic E-state index is 14.7. The Hall–Kier alpha value is -4.05. The lowest BCUT2D eigenvalue weighted by atomic mass is 10.1. The molecule has 0 radical (unpaired) electrons. The van der Waals surface area contributed by atoms with Crippen molar-refractivity contribution in [2.75, 3.05) is 12.3 Å². The summed E-state index contributed by atoms with van der Waals surface area (Å²) in [4.78, 5) is 30.9. The summed E-state index contributed by atoms with van der Waals surface area (Å²) in [5.41, 5.74) is 0.642. The number of nitrogens with two attached hydrogens (primary N) is 1. The van der Waals surface area contributed by atoms with E-state index in [1.54, 1.807) is 5.10 Å². The Bertz CT molecular complexity index is 1610. The number of halogens is 8. The van der Waals surface area contributed by atoms with Gasteiger partial charge in [-0.3, -0.25) is 9.59 Å². The molecular weight excluding hydrogens is 589 g/mol. The molecule has 0 amide bonds. The van der Waals surface area contributed by atoms with Gasteiger partial charge in [0.15, 0.2) is 17.5 Å². The van der Waals surface area contributed by atoms with Crippen molar-refractivity contribution >= 4 is 28.1 Å². The van der Waals surface area contributed by atoms with Gasteiger partial charge in [0.25, 0.3) is 11.1 Å². The highest BCUT2D eigenvalue weighted by Crippen LogP contribution is 2.30. The minimum atomic E-state index is -4.74. The largest absolute Gasteiger partial charge is 0.423 e. The smallest absolute Gasteiger partial charge is 0.397 e. The van der Waals surface area contributed by atoms with E-state index < -0.39 is 46.8 Å². The zero-order chi connectivity index (χ0) is 30.3. The molecule has 17 heteroatoms. The van der Waals surface area contributed by atoms with Crippen LogP contribution in [0.2, 0.25) is 5.02 Å². The number of benzene rings is 1. The van der Waals surface area contributed by atoms with Crippen LogP contribution in [0.3, 0.4) is 0 Å². The number of aryl methyl sites for hydroxylation is 1. The molecule has 9 nitrogen and oxygen atoms in total. The summed E-state index contributed by atoms with van der Waals surface area (Å²) in [5, 5.41) is 4.83. The standard InChI is InChI=1S/C19H16ClF4N3O2.C5H4F3N3O/c20-12-9-25-17(26-10-12)13-8-11-4-6-27(5-2-1-3-7-29-19(23)24)18(28)14(11)16(22)15(13)21;6-5(7,8)3-2(9)1-10-11-4(3)12/h4,6,8-10,19H,1-3,5,7H2;1H,(H3,9,11,12). The van der Waals surface area contributed by atoms with Crippen molar-refractivity contribution < 1.29 is 35.5 Å². The first-order valence-electron chi connectivity index (χ1n) is 11.6. The van der Waals surface area contributed by atoms with Crippen LogP contribution >= 0.6 is 11.6 Å². The fourth-order valence-electron chi connectivity index (χ4n) is 3.60. The van der Waals surface area contributed by atoms with E-state index >= 15 is 0 Å². The summed E-state index contributed by atoms with van der Waals surface area (Å²) in [6, 6.07) is 2.81. The second kappa shape index (κ2) is 13.5. The van der Waals surface area contributed by atoms with Gasteiger partial charge in [0.05, 0.1) is 34.5 Å². The van der Waals surface area contributed by atoms with E-state index in [4.69, 9.17) is 17.3 Å². The molecule has 0 spiro atoms. The van der Waals surface area contributed by atoms with Crippen molar-refractivity contribution in [2.45, 2.75) is 38.6 Å². The van der Waals surface area contributed by atoms with Gasteiger partial charge in [0.2, 0.25) is 0 Å². The number of pyridine rings is 1. The number of fused-ring (bicyclic) bond motifs is 1. The molecule has 0 saturated carbocycles. The zero-order valence-corrected chi connectivity index (χ0v) is 21.4. The van der Waals surface area contributed by atoms with Gasteiger partial charge in [0.1, 0.15) is 5.56 Å². The van der Waals surface area contributed by atoms with Crippen LogP contribution in [0.25, 0.3) is 22.2 Å². The minimum Gasteiger partial charge on any atom is -0.397 e. The Kier molecular flexibility index (Phi) is 10.4. The molecule has 0 aliphatic carbocycles. The first-order chi connectivity index (χ1) is 19.3. The summed E-state index contributed by atoms with van der Waals surface area (Å²) in [5.74, 6) is -2.55. The van der Waals surface area contributed by atoms with Gasteiger partial charge in [0, 0.05) is 25.1 Å². The van der Waals surface area contributed by atoms with Crippen LogP contribution in [-0.2, 0) is 17.5 Å². The molecule has 0 unspecified atom stereocenters. The third kappa shape index (κ3) is 8.00. The van der Waals surface area contributed by atoms with Crippen LogP contribution in [0.1, 0.15) is 24.8 Å². The maximum Gasteiger partial charge on any atom is 0.423 e. The number of aromatic amines is 1. The van der Waals surface area contributed by atoms with Gasteiger partial charge in [-0.15, -0.1) is 0 Å². The van der Waals surface area contributed by atoms with Gasteiger partial charge in [-0.2, -0.15) is 27.1 Å². The van der Waals surface area contributed by atoms with Crippen LogP contribution in [0, 0.1) is 11.6 Å². The lowest BCUT2D eigenvalue weighted by molar-refractivity contribution is -0.138. The molecule has 0 aliphatic heterocycles. The molecule has 4 rings (SSSR count). The quantitative estimate of drug-likeness (QED) is 0.209. The lowest BCUT2D eigenvalue weighted by Crippen LogP contribution is -2.24. The van der Waals surface area contributed by atoms with E-state index in [2.05, 4.69) is 19.8 Å². The molecule has 220 valence electrons. The maximum atomic E-state index is 14.7. The van der Waals surface area contributed by atoms with E-state index in [-0.39, 0.29) is 40.3 Å². The normalized spacial score (nSPS) is 11.5. The minimum absolute atomic E-state index is 0.0529. The Morgan fingerprint density at radius 2 is 1.73 bits per heavy atom. The summed E-state index contributed by atoms with van der Waals surface area (Å²) >= 11 is 5.71. The fourth-order valence-corrected chi connectivity index (χ4v) is 3.70. The number of ether oxygens (including phenoxy) is 1. The number of nitrogens with one attached hydrogen (secondary N) is 1. The molecular formula is C24H20ClF7N6O3. The molecule has 0 fully saturated rings. The van der Waals surface area contributed by atoms with Gasteiger partial charge in [-0.25, -0.2) is 23.8 Å². The highest BCUT2D eigenvalue weighted by atomic mass is 35.5. The molecule has 4 aromatic rings. The number of hydrogen-bond donors (Lipinski definition) is 2. The fraction of sp³-hybridized carbons (Fsp3) is 0.292. The molecule has 0 atom stereocenters. The molecule has 3 heterocycles. The lowest BCUT2D eigenvalue weighted by Gasteiger charge is -2.10. The number of H-pyrrole nitrogens is 1. The van der Waals surface area contributed by atoms with Crippen molar-refractivity contribution in [3.05, 3.63) is 79.8 Å². The Morgan fingerprint density at radius 3 is 2.32 bits per heavy atom. The van der Waals surface area contributed by atoms with Crippen molar-refractivity contribution in [1.29, 1.82) is 0 Å². The number of nitrogen functional groups attached to an aromatic ring is 1. The van der Waals surface area contributed by atoms with Crippen molar-refractivity contribution in [3.63, 3.8) is 0 Å². The summed E-state index contributed by atoms with van der Waals surface area (Å²) < 4.78 is 94.4. The predicted octanol–water partition coefficient (Wildman–Crippen LogP) is 5.17. The monoisotopic (exact) mass is 608 g/mol. The third-order valence-electron chi connectivity index (χ3n) is 5.46. The van der Waals surface area contributed by atoms with Crippen molar-refractivity contribution in [1.82, 2.24) is 24.7 Å². The Labute approximate surface area is 230 Å². The second-order valence-electron chi connectivity index (χ2n) is 8.27. The number of nitrogens with zero attached hydrogens (tertiary/aromatic N) is 4. The average Bonchev–Trinajstić information content (AvgIpc) is 2.89. The third-order valence-corrected chi connectivity index (χ3v) is 5.66. The number of rotatable bonds is 8. The SMILES string of the molecule is Nc1cn[nH]c(=O)c1C(F)(F)F.O=c1c2c(F)c(F)c(-c3ncc(Cl)cn3)cc2ccn1CCCCCOC(F)F. The van der Waals surface area contributed by atoms with Crippen LogP contribution < -0.4 is 16.9 Å². The number of anilines is 1. The van der Waals surface area contributed by atoms with E-state index in [0.717, 1.165) is 6.20 Å². The predicted molar refractivity (Wildman–Crippen MR) is 134 cm³/mol. The van der Waals surface area contributed by atoms with Crippen LogP contribution in [0.4, 0.5) is 36.4 Å². The molecule has 0 bridgehead atoms. The van der Waals surface area contributed by atoms with E-state index in [9.17, 15) is 40.3 Å². The number of alkyl halides is 5. The highest BCUT2D eigenvalue weighted by molar-refractivity contribution is 6.30. The van der Waals surface area contributed by atoms with Gasteiger partial charge < -0.3 is 15.0 Å². The second-order valence-corrected chi connectivity index (χ2v) is 8.71. The zero-order valence-electron chi connectivity index (χ0n) is 20.7. The van der Waals surface area contributed by atoms with Gasteiger partial charge in [-0.1, -0.05) is 11.6 Å². The molecule has 3 aromatic heterocycles. The summed E-state index contributed by atoms with van der Waals surface area (Å²) in [6.45, 7) is -2.65. The van der Waals surface area contributed by atoms with Gasteiger partial charge >= 0.3 is 12.8 Å². The van der Waals surface area contributed by atoms with Crippen LogP contribution in [-0.4, -0.2) is 38.0 Å². The van der Waals surface area contributed by atoms with Crippen molar-refractivity contribution in [2.24, 2.45) is 0 Å². The molecule has 1 aromatic carbocycles. The average molecular weight is 609 g/mol. The summed E-state index contributed by atoms with van der Waals surface area (Å²) in [7, 11) is 0. The first-order valence-corrected chi connectivity index (χ1v) is 12.0. The molecule has 41 heavy (non-hydrogen) atoms. The Balaban J connectivity index is 0.000000322. The van der Waals surface area contributed by atoms with Crippen LogP contribution in [0.15, 0.2) is 46.5 Å². The number of hydrogen-bond acceptors (Lipinski definition) is 7. The van der Waals surface area contributed by atoms with Gasteiger partial charge in [-0.05, 0) is 36.8 Å². The molecule has 0 saturated heterocycles. The Morgan fingerprint density at radius 1 is 1.05 bits per heavy atom.